The summed E-state index contributed by atoms with van der Waals surface area (Å²) in [5.74, 6) is 0.00546. The van der Waals surface area contributed by atoms with Crippen LogP contribution in [0.25, 0.3) is 0 Å². The molecule has 2 heteroatoms. The molecule has 2 rings (SSSR count). The minimum absolute atomic E-state index is 0.00546. The van der Waals surface area contributed by atoms with Gasteiger partial charge in [0, 0.05) is 24.5 Å². The lowest BCUT2D eigenvalue weighted by atomic mass is 9.78. The van der Waals surface area contributed by atoms with Crippen molar-refractivity contribution in [3.8, 4) is 0 Å². The molecule has 0 radical (unpaired) electrons. The lowest BCUT2D eigenvalue weighted by molar-refractivity contribution is 0.00424. The highest BCUT2D eigenvalue weighted by Gasteiger charge is 2.36. The van der Waals surface area contributed by atoms with Crippen LogP contribution in [0.2, 0.25) is 0 Å². The second-order valence-corrected chi connectivity index (χ2v) is 7.36. The molecule has 0 aliphatic carbocycles. The van der Waals surface area contributed by atoms with Crippen molar-refractivity contribution in [2.75, 3.05) is 6.54 Å². The molecule has 0 aromatic heterocycles. The van der Waals surface area contributed by atoms with E-state index in [9.17, 15) is 5.11 Å². The van der Waals surface area contributed by atoms with Crippen molar-refractivity contribution in [2.45, 2.75) is 58.2 Å². The van der Waals surface area contributed by atoms with Crippen LogP contribution in [0.1, 0.15) is 51.7 Å². The van der Waals surface area contributed by atoms with E-state index in [4.69, 9.17) is 0 Å². The van der Waals surface area contributed by atoms with E-state index in [1.807, 2.05) is 43.3 Å². The molecule has 2 aromatic carbocycles. The van der Waals surface area contributed by atoms with Gasteiger partial charge in [-0.25, -0.2) is 0 Å². The molecule has 0 amide bonds. The van der Waals surface area contributed by atoms with Gasteiger partial charge < -0.3 is 5.11 Å². The Morgan fingerprint density at radius 1 is 0.833 bits per heavy atom. The number of hydrogen-bond donors (Lipinski definition) is 1. The molecule has 0 bridgehead atoms. The van der Waals surface area contributed by atoms with Crippen LogP contribution < -0.4 is 0 Å². The Balaban J connectivity index is 2.44. The van der Waals surface area contributed by atoms with Crippen LogP contribution in [0.15, 0.2) is 60.7 Å². The summed E-state index contributed by atoms with van der Waals surface area (Å²) in [6, 6.07) is 21.3. The Labute approximate surface area is 147 Å². The first-order valence-electron chi connectivity index (χ1n) is 8.92. The molecule has 0 aliphatic heterocycles. The van der Waals surface area contributed by atoms with Crippen LogP contribution in [-0.2, 0) is 5.60 Å². The van der Waals surface area contributed by atoms with Gasteiger partial charge in [0.2, 0.25) is 0 Å². The molecule has 2 nitrogen and oxygen atoms in total. The lowest BCUT2D eigenvalue weighted by Crippen LogP contribution is -2.45. The maximum Gasteiger partial charge on any atom is 0.0949 e. The molecule has 130 valence electrons. The zero-order chi connectivity index (χ0) is 17.7. The molecular formula is C22H31NO. The molecule has 0 heterocycles. The first kappa shape index (κ1) is 18.7. The third-order valence-electron chi connectivity index (χ3n) is 4.96. The van der Waals surface area contributed by atoms with Gasteiger partial charge in [-0.1, -0.05) is 60.7 Å². The normalized spacial score (nSPS) is 15.7. The average Bonchev–Trinajstić information content (AvgIpc) is 2.56. The SMILES string of the molecule is CC(C)N(C[C@@H](c1ccccc1)[C@@](C)(O)c1ccccc1)C(C)C. The first-order chi connectivity index (χ1) is 11.3. The van der Waals surface area contributed by atoms with Crippen LogP contribution in [0, 0.1) is 0 Å². The summed E-state index contributed by atoms with van der Waals surface area (Å²) in [6.07, 6.45) is 0. The quantitative estimate of drug-likeness (QED) is 0.790. The number of rotatable bonds is 7. The third-order valence-corrected chi connectivity index (χ3v) is 4.96. The van der Waals surface area contributed by atoms with E-state index >= 15 is 0 Å². The van der Waals surface area contributed by atoms with Crippen LogP contribution in [0.3, 0.4) is 0 Å². The summed E-state index contributed by atoms with van der Waals surface area (Å²) in [5, 5.41) is 11.5. The van der Waals surface area contributed by atoms with E-state index in [-0.39, 0.29) is 5.92 Å². The molecule has 0 unspecified atom stereocenters. The molecule has 0 spiro atoms. The molecule has 1 N–H and O–H groups in total. The van der Waals surface area contributed by atoms with Gasteiger partial charge in [0.15, 0.2) is 0 Å². The molecule has 0 aliphatic rings. The molecular weight excluding hydrogens is 294 g/mol. The minimum atomic E-state index is -0.926. The zero-order valence-corrected chi connectivity index (χ0v) is 15.6. The Hall–Kier alpha value is -1.64. The zero-order valence-electron chi connectivity index (χ0n) is 15.6. The van der Waals surface area contributed by atoms with E-state index in [2.05, 4.69) is 56.9 Å². The van der Waals surface area contributed by atoms with Crippen LogP contribution >= 0.6 is 0 Å². The Bertz CT molecular complexity index is 596. The maximum absolute atomic E-state index is 11.5. The van der Waals surface area contributed by atoms with Crippen LogP contribution in [0.4, 0.5) is 0 Å². The molecule has 0 fully saturated rings. The molecule has 0 saturated carbocycles. The lowest BCUT2D eigenvalue weighted by Gasteiger charge is -2.40. The fraction of sp³-hybridized carbons (Fsp3) is 0.455. The smallest absolute Gasteiger partial charge is 0.0949 e. The number of benzene rings is 2. The summed E-state index contributed by atoms with van der Waals surface area (Å²) < 4.78 is 0. The highest BCUT2D eigenvalue weighted by atomic mass is 16.3. The van der Waals surface area contributed by atoms with Gasteiger partial charge in [0.25, 0.3) is 0 Å². The van der Waals surface area contributed by atoms with E-state index in [1.165, 1.54) is 5.56 Å². The number of nitrogens with zero attached hydrogens (tertiary/aromatic N) is 1. The van der Waals surface area contributed by atoms with E-state index in [0.717, 1.165) is 12.1 Å². The monoisotopic (exact) mass is 325 g/mol. The fourth-order valence-corrected chi connectivity index (χ4v) is 3.50. The number of hydrogen-bond acceptors (Lipinski definition) is 2. The molecule has 24 heavy (non-hydrogen) atoms. The van der Waals surface area contributed by atoms with Crippen molar-refractivity contribution >= 4 is 0 Å². The minimum Gasteiger partial charge on any atom is -0.385 e. The summed E-state index contributed by atoms with van der Waals surface area (Å²) >= 11 is 0. The Morgan fingerprint density at radius 3 is 1.75 bits per heavy atom. The van der Waals surface area contributed by atoms with Gasteiger partial charge >= 0.3 is 0 Å². The topological polar surface area (TPSA) is 23.5 Å². The largest absolute Gasteiger partial charge is 0.385 e. The fourth-order valence-electron chi connectivity index (χ4n) is 3.50. The van der Waals surface area contributed by atoms with Crippen molar-refractivity contribution in [1.29, 1.82) is 0 Å². The van der Waals surface area contributed by atoms with Crippen molar-refractivity contribution in [1.82, 2.24) is 4.90 Å². The van der Waals surface area contributed by atoms with Crippen molar-refractivity contribution in [2.24, 2.45) is 0 Å². The highest BCUT2D eigenvalue weighted by Crippen LogP contribution is 2.38. The van der Waals surface area contributed by atoms with E-state index in [1.54, 1.807) is 0 Å². The molecule has 0 saturated heterocycles. The standard InChI is InChI=1S/C22H31NO/c1-17(2)23(18(3)4)16-21(19-12-8-6-9-13-19)22(5,24)20-14-10-7-11-15-20/h6-15,17-18,21,24H,16H2,1-5H3/t21-,22-/m0/s1. The summed E-state index contributed by atoms with van der Waals surface area (Å²) in [6.45, 7) is 11.7. The average molecular weight is 325 g/mol. The first-order valence-corrected chi connectivity index (χ1v) is 8.92. The third kappa shape index (κ3) is 4.25. The van der Waals surface area contributed by atoms with Gasteiger partial charge in [0.1, 0.15) is 0 Å². The van der Waals surface area contributed by atoms with Crippen LogP contribution in [0.5, 0.6) is 0 Å². The second kappa shape index (κ2) is 7.96. The summed E-state index contributed by atoms with van der Waals surface area (Å²) in [4.78, 5) is 2.45. The Morgan fingerprint density at radius 2 is 1.29 bits per heavy atom. The van der Waals surface area contributed by atoms with Crippen molar-refractivity contribution in [3.05, 3.63) is 71.8 Å². The maximum atomic E-state index is 11.5. The predicted octanol–water partition coefficient (Wildman–Crippen LogP) is 4.80. The molecule has 2 atom stereocenters. The second-order valence-electron chi connectivity index (χ2n) is 7.36. The summed E-state index contributed by atoms with van der Waals surface area (Å²) in [7, 11) is 0. The molecule has 2 aromatic rings. The van der Waals surface area contributed by atoms with Crippen molar-refractivity contribution < 1.29 is 5.11 Å². The van der Waals surface area contributed by atoms with Gasteiger partial charge in [-0.05, 0) is 45.7 Å². The van der Waals surface area contributed by atoms with E-state index < -0.39 is 5.60 Å². The summed E-state index contributed by atoms with van der Waals surface area (Å²) in [5.41, 5.74) is 1.22. The van der Waals surface area contributed by atoms with Gasteiger partial charge in [-0.2, -0.15) is 0 Å². The van der Waals surface area contributed by atoms with Gasteiger partial charge in [-0.3, -0.25) is 4.90 Å². The number of aliphatic hydroxyl groups is 1. The Kier molecular flexibility index (Phi) is 6.20. The highest BCUT2D eigenvalue weighted by molar-refractivity contribution is 5.31. The van der Waals surface area contributed by atoms with Gasteiger partial charge in [-0.15, -0.1) is 0 Å². The van der Waals surface area contributed by atoms with Crippen LogP contribution in [-0.4, -0.2) is 28.6 Å². The van der Waals surface area contributed by atoms with Crippen molar-refractivity contribution in [3.63, 3.8) is 0 Å². The predicted molar refractivity (Wildman–Crippen MR) is 102 cm³/mol. The van der Waals surface area contributed by atoms with E-state index in [0.29, 0.717) is 12.1 Å². The van der Waals surface area contributed by atoms with Gasteiger partial charge in [0.05, 0.1) is 5.60 Å².